The molecule has 17 heavy (non-hydrogen) atoms. The molecule has 0 aromatic carbocycles. The summed E-state index contributed by atoms with van der Waals surface area (Å²) in [5, 5.41) is 3.10. The van der Waals surface area contributed by atoms with E-state index in [0.717, 1.165) is 11.3 Å². The average Bonchev–Trinajstić information content (AvgIpc) is 2.34. The van der Waals surface area contributed by atoms with E-state index in [2.05, 4.69) is 15.3 Å². The minimum Gasteiger partial charge on any atom is -0.382 e. The molecule has 0 aliphatic carbocycles. The lowest BCUT2D eigenvalue weighted by molar-refractivity contribution is 0.0365. The normalized spacial score (nSPS) is 12.5. The van der Waals surface area contributed by atoms with Gasteiger partial charge in [-0.05, 0) is 6.92 Å². The van der Waals surface area contributed by atoms with Crippen molar-refractivity contribution in [2.24, 2.45) is 5.73 Å². The van der Waals surface area contributed by atoms with E-state index in [0.29, 0.717) is 25.6 Å². The van der Waals surface area contributed by atoms with E-state index >= 15 is 0 Å². The number of hydrogen-bond donors (Lipinski definition) is 2. The van der Waals surface area contributed by atoms with Gasteiger partial charge in [0, 0.05) is 44.8 Å². The van der Waals surface area contributed by atoms with E-state index in [1.54, 1.807) is 20.4 Å². The highest BCUT2D eigenvalue weighted by Crippen LogP contribution is 2.06. The van der Waals surface area contributed by atoms with E-state index in [4.69, 9.17) is 15.2 Å². The Bertz CT molecular complexity index is 346. The van der Waals surface area contributed by atoms with Gasteiger partial charge in [0.1, 0.15) is 0 Å². The first kappa shape index (κ1) is 13.8. The third-order valence-electron chi connectivity index (χ3n) is 2.47. The SMILES string of the molecule is COCC(CNc1ncc(CN)c(C)n1)OC. The minimum atomic E-state index is -0.0157. The molecule has 6 nitrogen and oxygen atoms in total. The Kier molecular flexibility index (Phi) is 5.82. The summed E-state index contributed by atoms with van der Waals surface area (Å²) in [6.07, 6.45) is 1.72. The average molecular weight is 240 g/mol. The maximum atomic E-state index is 5.55. The quantitative estimate of drug-likeness (QED) is 0.714. The van der Waals surface area contributed by atoms with Crippen LogP contribution in [0.15, 0.2) is 6.20 Å². The molecule has 96 valence electrons. The van der Waals surface area contributed by atoms with E-state index < -0.39 is 0 Å². The monoisotopic (exact) mass is 240 g/mol. The summed E-state index contributed by atoms with van der Waals surface area (Å²) in [5.41, 5.74) is 7.40. The van der Waals surface area contributed by atoms with Gasteiger partial charge in [-0.2, -0.15) is 0 Å². The Hall–Kier alpha value is -1.24. The predicted octanol–water partition coefficient (Wildman–Crippen LogP) is 0.317. The molecular formula is C11H20N4O2. The van der Waals surface area contributed by atoms with Crippen LogP contribution in [0.4, 0.5) is 5.95 Å². The van der Waals surface area contributed by atoms with Gasteiger partial charge in [-0.1, -0.05) is 0 Å². The zero-order valence-electron chi connectivity index (χ0n) is 10.6. The van der Waals surface area contributed by atoms with E-state index in [-0.39, 0.29) is 6.10 Å². The number of hydrogen-bond acceptors (Lipinski definition) is 6. The second-order valence-corrected chi connectivity index (χ2v) is 3.70. The molecule has 3 N–H and O–H groups in total. The number of aromatic nitrogens is 2. The number of methoxy groups -OCH3 is 2. The number of nitrogens with one attached hydrogen (secondary N) is 1. The van der Waals surface area contributed by atoms with Crippen LogP contribution in [0, 0.1) is 6.92 Å². The van der Waals surface area contributed by atoms with Gasteiger partial charge in [-0.25, -0.2) is 9.97 Å². The second kappa shape index (κ2) is 7.16. The molecule has 1 aromatic heterocycles. The third kappa shape index (κ3) is 4.26. The van der Waals surface area contributed by atoms with Crippen LogP contribution in [0.3, 0.4) is 0 Å². The Balaban J connectivity index is 2.54. The van der Waals surface area contributed by atoms with E-state index in [1.165, 1.54) is 0 Å². The van der Waals surface area contributed by atoms with Gasteiger partial charge in [0.25, 0.3) is 0 Å². The molecule has 0 saturated heterocycles. The first-order valence-electron chi connectivity index (χ1n) is 5.49. The standard InChI is InChI=1S/C11H20N4O2/c1-8-9(4-12)5-13-11(15-8)14-6-10(17-3)7-16-2/h5,10H,4,6-7,12H2,1-3H3,(H,13,14,15). The molecule has 0 bridgehead atoms. The summed E-state index contributed by atoms with van der Waals surface area (Å²) in [7, 11) is 3.29. The molecule has 0 amide bonds. The fourth-order valence-electron chi connectivity index (χ4n) is 1.38. The summed E-state index contributed by atoms with van der Waals surface area (Å²) in [4.78, 5) is 8.49. The fraction of sp³-hybridized carbons (Fsp3) is 0.636. The first-order chi connectivity index (χ1) is 8.21. The van der Waals surface area contributed by atoms with Gasteiger partial charge in [0.05, 0.1) is 12.7 Å². The van der Waals surface area contributed by atoms with Crippen molar-refractivity contribution < 1.29 is 9.47 Å². The molecule has 6 heteroatoms. The molecule has 0 spiro atoms. The third-order valence-corrected chi connectivity index (χ3v) is 2.47. The lowest BCUT2D eigenvalue weighted by Crippen LogP contribution is -2.27. The number of nitrogens with two attached hydrogens (primary N) is 1. The van der Waals surface area contributed by atoms with Crippen LogP contribution >= 0.6 is 0 Å². The Morgan fingerprint density at radius 3 is 2.76 bits per heavy atom. The predicted molar refractivity (Wildman–Crippen MR) is 65.8 cm³/mol. The zero-order valence-corrected chi connectivity index (χ0v) is 10.6. The summed E-state index contributed by atoms with van der Waals surface area (Å²) in [6.45, 7) is 3.50. The largest absolute Gasteiger partial charge is 0.382 e. The summed E-state index contributed by atoms with van der Waals surface area (Å²) in [6, 6.07) is 0. The van der Waals surface area contributed by atoms with Crippen LogP contribution in [0.5, 0.6) is 0 Å². The summed E-state index contributed by atoms with van der Waals surface area (Å²) in [5.74, 6) is 0.581. The lowest BCUT2D eigenvalue weighted by Gasteiger charge is -2.15. The Morgan fingerprint density at radius 1 is 1.47 bits per heavy atom. The van der Waals surface area contributed by atoms with Crippen molar-refractivity contribution in [1.29, 1.82) is 0 Å². The molecule has 1 aromatic rings. The van der Waals surface area contributed by atoms with Gasteiger partial charge in [0.2, 0.25) is 5.95 Å². The van der Waals surface area contributed by atoms with Crippen LogP contribution in [-0.2, 0) is 16.0 Å². The van der Waals surface area contributed by atoms with Gasteiger partial charge < -0.3 is 20.5 Å². The molecule has 0 aliphatic rings. The maximum Gasteiger partial charge on any atom is 0.222 e. The molecular weight excluding hydrogens is 220 g/mol. The van der Waals surface area contributed by atoms with Gasteiger partial charge in [-0.3, -0.25) is 0 Å². The van der Waals surface area contributed by atoms with Gasteiger partial charge >= 0.3 is 0 Å². The molecule has 0 saturated carbocycles. The second-order valence-electron chi connectivity index (χ2n) is 3.70. The maximum absolute atomic E-state index is 5.55. The highest BCUT2D eigenvalue weighted by Gasteiger charge is 2.08. The summed E-state index contributed by atoms with van der Waals surface area (Å²) < 4.78 is 10.2. The molecule has 0 radical (unpaired) electrons. The van der Waals surface area contributed by atoms with Crippen LogP contribution in [0.2, 0.25) is 0 Å². The molecule has 1 atom stereocenters. The number of ether oxygens (including phenoxy) is 2. The topological polar surface area (TPSA) is 82.3 Å². The van der Waals surface area contributed by atoms with Gasteiger partial charge in [-0.15, -0.1) is 0 Å². The lowest BCUT2D eigenvalue weighted by atomic mass is 10.2. The highest BCUT2D eigenvalue weighted by molar-refractivity contribution is 5.29. The highest BCUT2D eigenvalue weighted by atomic mass is 16.5. The first-order valence-corrected chi connectivity index (χ1v) is 5.49. The van der Waals surface area contributed by atoms with Crippen molar-refractivity contribution >= 4 is 5.95 Å². The number of aryl methyl sites for hydroxylation is 1. The van der Waals surface area contributed by atoms with Crippen molar-refractivity contribution in [3.05, 3.63) is 17.5 Å². The van der Waals surface area contributed by atoms with Crippen LogP contribution < -0.4 is 11.1 Å². The zero-order chi connectivity index (χ0) is 12.7. The van der Waals surface area contributed by atoms with Gasteiger partial charge in [0.15, 0.2) is 0 Å². The van der Waals surface area contributed by atoms with Crippen molar-refractivity contribution in [1.82, 2.24) is 9.97 Å². The Labute approximate surface area is 102 Å². The number of rotatable bonds is 7. The van der Waals surface area contributed by atoms with Crippen LogP contribution in [0.1, 0.15) is 11.3 Å². The van der Waals surface area contributed by atoms with Crippen molar-refractivity contribution in [2.45, 2.75) is 19.6 Å². The molecule has 0 aliphatic heterocycles. The van der Waals surface area contributed by atoms with E-state index in [9.17, 15) is 0 Å². The van der Waals surface area contributed by atoms with E-state index in [1.807, 2.05) is 6.92 Å². The van der Waals surface area contributed by atoms with Crippen LogP contribution in [0.25, 0.3) is 0 Å². The molecule has 1 rings (SSSR count). The summed E-state index contributed by atoms with van der Waals surface area (Å²) >= 11 is 0. The minimum absolute atomic E-state index is 0.0157. The number of anilines is 1. The van der Waals surface area contributed by atoms with Crippen LogP contribution in [-0.4, -0.2) is 43.4 Å². The molecule has 1 heterocycles. The van der Waals surface area contributed by atoms with Crippen molar-refractivity contribution in [3.63, 3.8) is 0 Å². The molecule has 1 unspecified atom stereocenters. The Morgan fingerprint density at radius 2 is 2.24 bits per heavy atom. The fourth-order valence-corrected chi connectivity index (χ4v) is 1.38. The smallest absolute Gasteiger partial charge is 0.222 e. The van der Waals surface area contributed by atoms with Crippen molar-refractivity contribution in [2.75, 3.05) is 32.7 Å². The van der Waals surface area contributed by atoms with Crippen molar-refractivity contribution in [3.8, 4) is 0 Å². The molecule has 0 fully saturated rings. The number of nitrogens with zero attached hydrogens (tertiary/aromatic N) is 2.